The van der Waals surface area contributed by atoms with E-state index in [9.17, 15) is 0 Å². The zero-order chi connectivity index (χ0) is 13.5. The van der Waals surface area contributed by atoms with Crippen molar-refractivity contribution in [1.29, 1.82) is 0 Å². The summed E-state index contributed by atoms with van der Waals surface area (Å²) in [5, 5.41) is 0. The molecule has 0 aromatic heterocycles. The van der Waals surface area contributed by atoms with Crippen LogP contribution in [0, 0.1) is 0 Å². The molecule has 3 atom stereocenters. The van der Waals surface area contributed by atoms with Crippen molar-refractivity contribution >= 4 is 15.9 Å². The predicted molar refractivity (Wildman–Crippen MR) is 78.3 cm³/mol. The van der Waals surface area contributed by atoms with Gasteiger partial charge in [-0.05, 0) is 37.5 Å². The summed E-state index contributed by atoms with van der Waals surface area (Å²) >= 11 is 3.50. The van der Waals surface area contributed by atoms with Crippen molar-refractivity contribution in [2.24, 2.45) is 5.73 Å². The van der Waals surface area contributed by atoms with Gasteiger partial charge in [0.05, 0.1) is 6.10 Å². The Morgan fingerprint density at radius 3 is 3.05 bits per heavy atom. The molecule has 2 aliphatic rings. The average molecular weight is 326 g/mol. The van der Waals surface area contributed by atoms with Crippen LogP contribution in [0.15, 0.2) is 22.7 Å². The fraction of sp³-hybridized carbons (Fsp3) is 0.600. The fourth-order valence-electron chi connectivity index (χ4n) is 3.51. The van der Waals surface area contributed by atoms with Gasteiger partial charge in [-0.25, -0.2) is 0 Å². The number of fused-ring (bicyclic) bond motifs is 1. The molecule has 1 aliphatic carbocycles. The maximum atomic E-state index is 6.38. The van der Waals surface area contributed by atoms with E-state index in [1.54, 1.807) is 7.11 Å². The van der Waals surface area contributed by atoms with Gasteiger partial charge in [-0.15, -0.1) is 0 Å². The third kappa shape index (κ3) is 2.30. The lowest BCUT2D eigenvalue weighted by molar-refractivity contribution is -0.114. The van der Waals surface area contributed by atoms with Crippen molar-refractivity contribution in [1.82, 2.24) is 0 Å². The van der Waals surface area contributed by atoms with E-state index in [-0.39, 0.29) is 17.7 Å². The molecule has 3 rings (SSSR count). The largest absolute Gasteiger partial charge is 0.484 e. The van der Waals surface area contributed by atoms with E-state index in [1.807, 2.05) is 12.1 Å². The summed E-state index contributed by atoms with van der Waals surface area (Å²) < 4.78 is 13.1. The van der Waals surface area contributed by atoms with Gasteiger partial charge in [0.1, 0.15) is 11.4 Å². The minimum absolute atomic E-state index is 0.0250. The maximum Gasteiger partial charge on any atom is 0.137 e. The van der Waals surface area contributed by atoms with Gasteiger partial charge in [0.2, 0.25) is 0 Å². The Labute approximate surface area is 122 Å². The second-order valence-corrected chi connectivity index (χ2v) is 6.55. The molecule has 0 saturated heterocycles. The quantitative estimate of drug-likeness (QED) is 0.858. The van der Waals surface area contributed by atoms with E-state index in [4.69, 9.17) is 15.2 Å². The lowest BCUT2D eigenvalue weighted by Crippen LogP contribution is -2.54. The molecule has 2 N–H and O–H groups in total. The van der Waals surface area contributed by atoms with Gasteiger partial charge in [0, 0.05) is 29.6 Å². The van der Waals surface area contributed by atoms with Gasteiger partial charge in [-0.1, -0.05) is 22.4 Å². The lowest BCUT2D eigenvalue weighted by atomic mass is 9.75. The van der Waals surface area contributed by atoms with Crippen LogP contribution in [0.4, 0.5) is 0 Å². The molecule has 1 fully saturated rings. The van der Waals surface area contributed by atoms with Gasteiger partial charge in [-0.3, -0.25) is 0 Å². The van der Waals surface area contributed by atoms with Gasteiger partial charge in [0.25, 0.3) is 0 Å². The predicted octanol–water partition coefficient (Wildman–Crippen LogP) is 3.56. The number of benzene rings is 1. The second kappa shape index (κ2) is 5.08. The zero-order valence-corrected chi connectivity index (χ0v) is 12.8. The molecule has 1 heterocycles. The summed E-state index contributed by atoms with van der Waals surface area (Å²) in [5.74, 6) is 0.922. The number of ether oxygens (including phenoxy) is 2. The molecular weight excluding hydrogens is 306 g/mol. The molecule has 1 aromatic rings. The van der Waals surface area contributed by atoms with E-state index < -0.39 is 0 Å². The smallest absolute Gasteiger partial charge is 0.137 e. The van der Waals surface area contributed by atoms with Crippen molar-refractivity contribution in [3.63, 3.8) is 0 Å². The molecule has 1 saturated carbocycles. The number of methoxy groups -OCH3 is 1. The normalized spacial score (nSPS) is 33.8. The van der Waals surface area contributed by atoms with Gasteiger partial charge in [-0.2, -0.15) is 0 Å². The molecule has 1 aliphatic heterocycles. The van der Waals surface area contributed by atoms with Crippen LogP contribution in [0.25, 0.3) is 0 Å². The van der Waals surface area contributed by atoms with Crippen LogP contribution in [0.3, 0.4) is 0 Å². The van der Waals surface area contributed by atoms with E-state index in [1.165, 1.54) is 12.8 Å². The summed E-state index contributed by atoms with van der Waals surface area (Å²) in [6.45, 7) is 0. The van der Waals surface area contributed by atoms with E-state index in [2.05, 4.69) is 22.0 Å². The molecule has 1 spiro atoms. The number of hydrogen-bond acceptors (Lipinski definition) is 3. The first kappa shape index (κ1) is 13.4. The molecule has 3 unspecified atom stereocenters. The summed E-state index contributed by atoms with van der Waals surface area (Å²) in [6, 6.07) is 6.12. The highest BCUT2D eigenvalue weighted by atomic mass is 79.9. The van der Waals surface area contributed by atoms with Gasteiger partial charge in [0.15, 0.2) is 0 Å². The molecule has 3 nitrogen and oxygen atoms in total. The fourth-order valence-corrected chi connectivity index (χ4v) is 3.88. The molecule has 0 bridgehead atoms. The Balaban J connectivity index is 1.97. The molecule has 1 aromatic carbocycles. The van der Waals surface area contributed by atoms with Crippen LogP contribution in [-0.4, -0.2) is 18.8 Å². The topological polar surface area (TPSA) is 44.5 Å². The molecule has 0 amide bonds. The summed E-state index contributed by atoms with van der Waals surface area (Å²) in [6.07, 6.45) is 5.51. The Bertz CT molecular complexity index is 479. The van der Waals surface area contributed by atoms with Crippen molar-refractivity contribution < 1.29 is 9.47 Å². The Hall–Kier alpha value is -0.580. The minimum atomic E-state index is -0.229. The van der Waals surface area contributed by atoms with Crippen LogP contribution < -0.4 is 10.5 Å². The van der Waals surface area contributed by atoms with E-state index >= 15 is 0 Å². The second-order valence-electron chi connectivity index (χ2n) is 5.63. The highest BCUT2D eigenvalue weighted by Gasteiger charge is 2.47. The summed E-state index contributed by atoms with van der Waals surface area (Å²) in [4.78, 5) is 0. The first-order valence-electron chi connectivity index (χ1n) is 6.91. The van der Waals surface area contributed by atoms with Gasteiger partial charge >= 0.3 is 0 Å². The summed E-state index contributed by atoms with van der Waals surface area (Å²) in [5.41, 5.74) is 7.25. The first-order valence-corrected chi connectivity index (χ1v) is 7.71. The Morgan fingerprint density at radius 2 is 2.26 bits per heavy atom. The van der Waals surface area contributed by atoms with Crippen LogP contribution in [0.5, 0.6) is 5.75 Å². The number of halogens is 1. The van der Waals surface area contributed by atoms with Crippen molar-refractivity contribution in [3.8, 4) is 5.75 Å². The third-order valence-corrected chi connectivity index (χ3v) is 4.93. The highest BCUT2D eigenvalue weighted by Crippen LogP contribution is 2.46. The van der Waals surface area contributed by atoms with Crippen LogP contribution >= 0.6 is 15.9 Å². The molecule has 104 valence electrons. The Morgan fingerprint density at radius 1 is 1.42 bits per heavy atom. The van der Waals surface area contributed by atoms with Crippen LogP contribution in [0.2, 0.25) is 0 Å². The highest BCUT2D eigenvalue weighted by molar-refractivity contribution is 9.10. The molecule has 0 radical (unpaired) electrons. The maximum absolute atomic E-state index is 6.38. The zero-order valence-electron chi connectivity index (χ0n) is 11.2. The third-order valence-electron chi connectivity index (χ3n) is 4.44. The van der Waals surface area contributed by atoms with Crippen LogP contribution in [0.1, 0.15) is 43.7 Å². The monoisotopic (exact) mass is 325 g/mol. The number of hydrogen-bond donors (Lipinski definition) is 1. The lowest BCUT2D eigenvalue weighted by Gasteiger charge is -2.47. The van der Waals surface area contributed by atoms with Crippen molar-refractivity contribution in [2.75, 3.05) is 7.11 Å². The number of rotatable bonds is 1. The van der Waals surface area contributed by atoms with E-state index in [0.717, 1.165) is 35.0 Å². The van der Waals surface area contributed by atoms with Gasteiger partial charge < -0.3 is 15.2 Å². The molecular formula is C15H20BrNO2. The van der Waals surface area contributed by atoms with Crippen LogP contribution in [-0.2, 0) is 4.74 Å². The standard InChI is InChI=1S/C15H20BrNO2/c1-18-14-4-2-3-7-15(14)9-12(17)11-8-10(16)5-6-13(11)19-15/h5-6,8,12,14H,2-4,7,9,17H2,1H3. The molecule has 4 heteroatoms. The molecule has 19 heavy (non-hydrogen) atoms. The van der Waals surface area contributed by atoms with Crippen molar-refractivity contribution in [3.05, 3.63) is 28.2 Å². The minimum Gasteiger partial charge on any atom is -0.484 e. The van der Waals surface area contributed by atoms with Crippen molar-refractivity contribution in [2.45, 2.75) is 49.9 Å². The first-order chi connectivity index (χ1) is 9.14. The van der Waals surface area contributed by atoms with E-state index in [0.29, 0.717) is 0 Å². The SMILES string of the molecule is COC1CCCCC12CC(N)c1cc(Br)ccc1O2. The summed E-state index contributed by atoms with van der Waals surface area (Å²) in [7, 11) is 1.78. The number of nitrogens with two attached hydrogens (primary N) is 1. The average Bonchev–Trinajstić information content (AvgIpc) is 2.40. The Kier molecular flexibility index (Phi) is 3.58.